The van der Waals surface area contributed by atoms with Gasteiger partial charge in [0, 0.05) is 11.7 Å². The fourth-order valence-corrected chi connectivity index (χ4v) is 2.32. The third-order valence-electron chi connectivity index (χ3n) is 3.85. The summed E-state index contributed by atoms with van der Waals surface area (Å²) in [6, 6.07) is 2.66. The molecule has 0 spiro atoms. The van der Waals surface area contributed by atoms with Crippen molar-refractivity contribution in [1.82, 2.24) is 9.78 Å². The molecule has 2 rings (SSSR count). The van der Waals surface area contributed by atoms with Crippen LogP contribution in [0.4, 0.5) is 0 Å². The number of nitrogens with two attached hydrogens (primary N) is 1. The van der Waals surface area contributed by atoms with Crippen molar-refractivity contribution in [3.8, 4) is 0 Å². The van der Waals surface area contributed by atoms with E-state index in [1.807, 2.05) is 6.92 Å². The van der Waals surface area contributed by atoms with Gasteiger partial charge in [-0.3, -0.25) is 4.68 Å². The summed E-state index contributed by atoms with van der Waals surface area (Å²) in [6.45, 7) is 5.24. The molecule has 4 heteroatoms. The van der Waals surface area contributed by atoms with Crippen LogP contribution < -0.4 is 5.73 Å². The first kappa shape index (κ1) is 13.6. The van der Waals surface area contributed by atoms with Crippen molar-refractivity contribution < 1.29 is 4.74 Å². The van der Waals surface area contributed by atoms with Crippen molar-refractivity contribution in [3.05, 3.63) is 18.0 Å². The van der Waals surface area contributed by atoms with Gasteiger partial charge in [-0.1, -0.05) is 19.8 Å². The molecule has 1 atom stereocenters. The molecule has 102 valence electrons. The van der Waals surface area contributed by atoms with Gasteiger partial charge in [0.15, 0.2) is 0 Å². The highest BCUT2D eigenvalue weighted by Gasteiger charge is 2.18. The summed E-state index contributed by atoms with van der Waals surface area (Å²) in [6.07, 6.45) is 8.19. The molecule has 1 aliphatic carbocycles. The topological polar surface area (TPSA) is 53.1 Å². The Morgan fingerprint density at radius 3 is 2.89 bits per heavy atom. The SMILES string of the molecule is CCC(C)(N)COCc1ccn(C2CCCC2)n1. The van der Waals surface area contributed by atoms with Gasteiger partial charge in [-0.05, 0) is 32.3 Å². The molecule has 0 bridgehead atoms. The van der Waals surface area contributed by atoms with Gasteiger partial charge >= 0.3 is 0 Å². The first-order chi connectivity index (χ1) is 8.61. The van der Waals surface area contributed by atoms with Crippen LogP contribution in [0.3, 0.4) is 0 Å². The largest absolute Gasteiger partial charge is 0.373 e. The molecule has 1 heterocycles. The molecule has 1 aromatic heterocycles. The summed E-state index contributed by atoms with van der Waals surface area (Å²) in [5, 5.41) is 4.59. The second kappa shape index (κ2) is 5.85. The summed E-state index contributed by atoms with van der Waals surface area (Å²) >= 11 is 0. The molecule has 0 radical (unpaired) electrons. The second-order valence-corrected chi connectivity index (χ2v) is 5.73. The molecule has 0 saturated heterocycles. The molecule has 18 heavy (non-hydrogen) atoms. The molecule has 0 amide bonds. The van der Waals surface area contributed by atoms with E-state index >= 15 is 0 Å². The van der Waals surface area contributed by atoms with E-state index in [1.165, 1.54) is 25.7 Å². The van der Waals surface area contributed by atoms with Crippen LogP contribution in [0.25, 0.3) is 0 Å². The lowest BCUT2D eigenvalue weighted by molar-refractivity contribution is 0.0753. The zero-order valence-electron chi connectivity index (χ0n) is 11.6. The van der Waals surface area contributed by atoms with Crippen molar-refractivity contribution in [2.75, 3.05) is 6.61 Å². The van der Waals surface area contributed by atoms with E-state index < -0.39 is 0 Å². The van der Waals surface area contributed by atoms with Crippen LogP contribution >= 0.6 is 0 Å². The van der Waals surface area contributed by atoms with Crippen LogP contribution in [0.5, 0.6) is 0 Å². The normalized spacial score (nSPS) is 20.2. The Kier molecular flexibility index (Phi) is 4.40. The van der Waals surface area contributed by atoms with Crippen molar-refractivity contribution >= 4 is 0 Å². The van der Waals surface area contributed by atoms with Gasteiger partial charge in [0.05, 0.1) is 24.9 Å². The van der Waals surface area contributed by atoms with Crippen LogP contribution in [0.2, 0.25) is 0 Å². The average molecular weight is 251 g/mol. The van der Waals surface area contributed by atoms with Crippen LogP contribution in [0.1, 0.15) is 57.7 Å². The van der Waals surface area contributed by atoms with E-state index in [4.69, 9.17) is 10.5 Å². The Morgan fingerprint density at radius 2 is 2.22 bits per heavy atom. The van der Waals surface area contributed by atoms with Gasteiger partial charge in [-0.15, -0.1) is 0 Å². The maximum atomic E-state index is 6.03. The molecule has 1 saturated carbocycles. The van der Waals surface area contributed by atoms with E-state index in [2.05, 4.69) is 29.0 Å². The van der Waals surface area contributed by atoms with Crippen LogP contribution in [-0.2, 0) is 11.3 Å². The monoisotopic (exact) mass is 251 g/mol. The first-order valence-electron chi connectivity index (χ1n) is 7.01. The van der Waals surface area contributed by atoms with E-state index in [-0.39, 0.29) is 5.54 Å². The zero-order valence-corrected chi connectivity index (χ0v) is 11.6. The Balaban J connectivity index is 1.80. The summed E-state index contributed by atoms with van der Waals surface area (Å²) in [4.78, 5) is 0. The Morgan fingerprint density at radius 1 is 1.50 bits per heavy atom. The van der Waals surface area contributed by atoms with E-state index in [9.17, 15) is 0 Å². The zero-order chi connectivity index (χ0) is 13.0. The molecule has 0 aromatic carbocycles. The fourth-order valence-electron chi connectivity index (χ4n) is 2.32. The Hall–Kier alpha value is -0.870. The van der Waals surface area contributed by atoms with Gasteiger partial charge in [0.2, 0.25) is 0 Å². The number of ether oxygens (including phenoxy) is 1. The average Bonchev–Trinajstić information content (AvgIpc) is 2.98. The van der Waals surface area contributed by atoms with Gasteiger partial charge in [-0.25, -0.2) is 0 Å². The predicted molar refractivity (Wildman–Crippen MR) is 72.3 cm³/mol. The number of rotatable bonds is 6. The van der Waals surface area contributed by atoms with Crippen LogP contribution in [0.15, 0.2) is 12.3 Å². The molecule has 1 fully saturated rings. The van der Waals surface area contributed by atoms with E-state index in [0.717, 1.165) is 12.1 Å². The van der Waals surface area contributed by atoms with Gasteiger partial charge < -0.3 is 10.5 Å². The molecule has 1 aromatic rings. The molecule has 1 unspecified atom stereocenters. The number of nitrogens with zero attached hydrogens (tertiary/aromatic N) is 2. The highest BCUT2D eigenvalue weighted by atomic mass is 16.5. The standard InChI is InChI=1S/C14H25N3O/c1-3-14(2,15)11-18-10-12-8-9-17(16-12)13-6-4-5-7-13/h8-9,13H,3-7,10-11,15H2,1-2H3. The number of hydrogen-bond donors (Lipinski definition) is 1. The van der Waals surface area contributed by atoms with Gasteiger partial charge in [0.1, 0.15) is 0 Å². The number of aromatic nitrogens is 2. The smallest absolute Gasteiger partial charge is 0.0907 e. The summed E-state index contributed by atoms with van der Waals surface area (Å²) < 4.78 is 7.75. The third kappa shape index (κ3) is 3.56. The van der Waals surface area contributed by atoms with E-state index in [0.29, 0.717) is 19.3 Å². The molecule has 0 aliphatic heterocycles. The first-order valence-corrected chi connectivity index (χ1v) is 7.01. The Bertz CT molecular complexity index is 367. The molecular formula is C14H25N3O. The van der Waals surface area contributed by atoms with Crippen LogP contribution in [-0.4, -0.2) is 21.9 Å². The van der Waals surface area contributed by atoms with Crippen molar-refractivity contribution in [2.45, 2.75) is 64.1 Å². The molecule has 1 aliphatic rings. The maximum absolute atomic E-state index is 6.03. The lowest BCUT2D eigenvalue weighted by atomic mass is 10.0. The molecule has 4 nitrogen and oxygen atoms in total. The molecular weight excluding hydrogens is 226 g/mol. The number of hydrogen-bond acceptors (Lipinski definition) is 3. The summed E-state index contributed by atoms with van der Waals surface area (Å²) in [5.74, 6) is 0. The fraction of sp³-hybridized carbons (Fsp3) is 0.786. The minimum atomic E-state index is -0.228. The second-order valence-electron chi connectivity index (χ2n) is 5.73. The minimum absolute atomic E-state index is 0.228. The van der Waals surface area contributed by atoms with Gasteiger partial charge in [-0.2, -0.15) is 5.10 Å². The maximum Gasteiger partial charge on any atom is 0.0907 e. The van der Waals surface area contributed by atoms with Gasteiger partial charge in [0.25, 0.3) is 0 Å². The molecule has 2 N–H and O–H groups in total. The minimum Gasteiger partial charge on any atom is -0.373 e. The Labute approximate surface area is 110 Å². The third-order valence-corrected chi connectivity index (χ3v) is 3.85. The van der Waals surface area contributed by atoms with Crippen LogP contribution in [0, 0.1) is 0 Å². The highest BCUT2D eigenvalue weighted by Crippen LogP contribution is 2.28. The highest BCUT2D eigenvalue weighted by molar-refractivity contribution is 4.98. The van der Waals surface area contributed by atoms with Crippen molar-refractivity contribution in [2.24, 2.45) is 5.73 Å². The van der Waals surface area contributed by atoms with Crippen molar-refractivity contribution in [3.63, 3.8) is 0 Å². The lowest BCUT2D eigenvalue weighted by Crippen LogP contribution is -2.40. The lowest BCUT2D eigenvalue weighted by Gasteiger charge is -2.21. The van der Waals surface area contributed by atoms with E-state index in [1.54, 1.807) is 0 Å². The summed E-state index contributed by atoms with van der Waals surface area (Å²) in [5.41, 5.74) is 6.81. The van der Waals surface area contributed by atoms with Crippen molar-refractivity contribution in [1.29, 1.82) is 0 Å². The summed E-state index contributed by atoms with van der Waals surface area (Å²) in [7, 11) is 0. The quantitative estimate of drug-likeness (QED) is 0.845. The predicted octanol–water partition coefficient (Wildman–Crippen LogP) is 2.64.